The van der Waals surface area contributed by atoms with E-state index in [9.17, 15) is 14.4 Å². The summed E-state index contributed by atoms with van der Waals surface area (Å²) in [5.74, 6) is -1.99. The van der Waals surface area contributed by atoms with Gasteiger partial charge in [0.2, 0.25) is 0 Å². The first-order valence-electron chi connectivity index (χ1n) is 9.97. The summed E-state index contributed by atoms with van der Waals surface area (Å²) in [5.41, 5.74) is -1.97. The topological polar surface area (TPSA) is 69.7 Å². The lowest BCUT2D eigenvalue weighted by Gasteiger charge is -2.28. The van der Waals surface area contributed by atoms with E-state index in [2.05, 4.69) is 20.8 Å². The monoisotopic (exact) mass is 386 g/mol. The maximum atomic E-state index is 13.7. The van der Waals surface area contributed by atoms with Crippen LogP contribution in [0.15, 0.2) is 24.3 Å². The van der Waals surface area contributed by atoms with Gasteiger partial charge in [-0.25, -0.2) is 0 Å². The van der Waals surface area contributed by atoms with Crippen LogP contribution in [0, 0.1) is 16.7 Å². The molecule has 0 N–H and O–H groups in total. The minimum Gasteiger partial charge on any atom is -0.465 e. The third kappa shape index (κ3) is 2.41. The highest BCUT2D eigenvalue weighted by Gasteiger charge is 2.95. The van der Waals surface area contributed by atoms with E-state index in [1.807, 2.05) is 19.1 Å². The van der Waals surface area contributed by atoms with Gasteiger partial charge in [0.1, 0.15) is 5.60 Å². The van der Waals surface area contributed by atoms with E-state index >= 15 is 0 Å². The number of hydrogen-bond donors (Lipinski definition) is 0. The van der Waals surface area contributed by atoms with Gasteiger partial charge >= 0.3 is 11.9 Å². The molecule has 3 rings (SSSR count). The average molecular weight is 386 g/mol. The molecule has 1 heterocycles. The minimum atomic E-state index is -1.54. The van der Waals surface area contributed by atoms with Gasteiger partial charge in [-0.1, -0.05) is 52.0 Å². The molecular weight excluding hydrogens is 356 g/mol. The molecule has 1 aromatic carbocycles. The highest BCUT2D eigenvalue weighted by molar-refractivity contribution is 6.19. The van der Waals surface area contributed by atoms with Gasteiger partial charge in [0, 0.05) is 11.5 Å². The van der Waals surface area contributed by atoms with Gasteiger partial charge in [0.15, 0.2) is 11.2 Å². The second kappa shape index (κ2) is 6.16. The molecule has 0 radical (unpaired) electrons. The number of fused-ring (bicyclic) bond motifs is 1. The van der Waals surface area contributed by atoms with Crippen molar-refractivity contribution in [3.63, 3.8) is 0 Å². The zero-order valence-electron chi connectivity index (χ0n) is 17.8. The Hall–Kier alpha value is -2.17. The smallest absolute Gasteiger partial charge is 0.325 e. The molecule has 0 amide bonds. The number of carbonyl (C=O) groups excluding carboxylic acids is 3. The molecule has 0 aromatic heterocycles. The summed E-state index contributed by atoms with van der Waals surface area (Å²) in [6.45, 7) is 13.6. The van der Waals surface area contributed by atoms with E-state index in [0.717, 1.165) is 5.56 Å². The van der Waals surface area contributed by atoms with Gasteiger partial charge in [-0.05, 0) is 38.2 Å². The lowest BCUT2D eigenvalue weighted by molar-refractivity contribution is -0.166. The molecule has 2 aliphatic rings. The fourth-order valence-corrected chi connectivity index (χ4v) is 5.29. The predicted molar refractivity (Wildman–Crippen MR) is 105 cm³/mol. The normalized spacial score (nSPS) is 30.4. The fourth-order valence-electron chi connectivity index (χ4n) is 5.29. The Balaban J connectivity index is 2.08. The Morgan fingerprint density at radius 2 is 1.68 bits per heavy atom. The molecule has 1 saturated carbocycles. The van der Waals surface area contributed by atoms with Crippen LogP contribution in [0.25, 0.3) is 0 Å². The van der Waals surface area contributed by atoms with Crippen molar-refractivity contribution in [3.8, 4) is 0 Å². The quantitative estimate of drug-likeness (QED) is 0.433. The van der Waals surface area contributed by atoms with Crippen LogP contribution in [-0.2, 0) is 24.5 Å². The van der Waals surface area contributed by atoms with Gasteiger partial charge in [-0.15, -0.1) is 0 Å². The van der Waals surface area contributed by atoms with Crippen molar-refractivity contribution in [1.82, 2.24) is 0 Å². The Morgan fingerprint density at radius 1 is 1.11 bits per heavy atom. The van der Waals surface area contributed by atoms with Crippen molar-refractivity contribution in [2.75, 3.05) is 6.61 Å². The molecule has 1 aliphatic carbocycles. The number of carbonyl (C=O) groups is 3. The number of ether oxygens (including phenoxy) is 2. The summed E-state index contributed by atoms with van der Waals surface area (Å²) < 4.78 is 10.7. The summed E-state index contributed by atoms with van der Waals surface area (Å²) in [4.78, 5) is 39.5. The maximum absolute atomic E-state index is 13.7. The molecule has 3 atom stereocenters. The SMILES string of the molecule is CCOC(=O)[C@@]12C(=O)OC(C)(C)[C@H]1[C@@]2(CC)C(=O)c1ccc(C(C)(C)C)cc1. The number of cyclic esters (lactones) is 1. The summed E-state index contributed by atoms with van der Waals surface area (Å²) in [6.07, 6.45) is 0.370. The molecule has 1 saturated heterocycles. The summed E-state index contributed by atoms with van der Waals surface area (Å²) in [6, 6.07) is 7.47. The lowest BCUT2D eigenvalue weighted by Crippen LogP contribution is -2.40. The highest BCUT2D eigenvalue weighted by atomic mass is 16.6. The Kier molecular flexibility index (Phi) is 4.53. The van der Waals surface area contributed by atoms with E-state index in [4.69, 9.17) is 9.47 Å². The van der Waals surface area contributed by atoms with Crippen LogP contribution >= 0.6 is 0 Å². The Bertz CT molecular complexity index is 830. The predicted octanol–water partition coefficient (Wildman–Crippen LogP) is 4.08. The zero-order valence-corrected chi connectivity index (χ0v) is 17.8. The van der Waals surface area contributed by atoms with Crippen molar-refractivity contribution in [2.24, 2.45) is 16.7 Å². The van der Waals surface area contributed by atoms with Crippen LogP contribution in [0.4, 0.5) is 0 Å². The fraction of sp³-hybridized carbons (Fsp3) is 0.609. The summed E-state index contributed by atoms with van der Waals surface area (Å²) in [5, 5.41) is 0. The number of Topliss-reactive ketones (excluding diaryl/α,β-unsaturated/α-hetero) is 1. The first kappa shape index (κ1) is 20.6. The van der Waals surface area contributed by atoms with Crippen LogP contribution in [0.5, 0.6) is 0 Å². The molecule has 5 nitrogen and oxygen atoms in total. The largest absolute Gasteiger partial charge is 0.465 e. The third-order valence-corrected chi connectivity index (χ3v) is 6.49. The molecular formula is C23H30O5. The molecule has 1 aliphatic heterocycles. The molecule has 28 heavy (non-hydrogen) atoms. The molecule has 152 valence electrons. The second-order valence-electron chi connectivity index (χ2n) is 9.44. The molecule has 0 unspecified atom stereocenters. The van der Waals surface area contributed by atoms with Crippen molar-refractivity contribution in [1.29, 1.82) is 0 Å². The summed E-state index contributed by atoms with van der Waals surface area (Å²) >= 11 is 0. The first-order valence-corrected chi connectivity index (χ1v) is 9.97. The Labute approximate surface area is 166 Å². The van der Waals surface area contributed by atoms with Crippen molar-refractivity contribution >= 4 is 17.7 Å². The molecule has 5 heteroatoms. The van der Waals surface area contributed by atoms with E-state index in [0.29, 0.717) is 12.0 Å². The Morgan fingerprint density at radius 3 is 2.14 bits per heavy atom. The average Bonchev–Trinajstić information content (AvgIpc) is 3.21. The molecule has 1 aromatic rings. The van der Waals surface area contributed by atoms with Gasteiger partial charge < -0.3 is 9.47 Å². The van der Waals surface area contributed by atoms with Crippen LogP contribution in [0.1, 0.15) is 70.8 Å². The van der Waals surface area contributed by atoms with Crippen molar-refractivity contribution in [2.45, 2.75) is 65.9 Å². The van der Waals surface area contributed by atoms with Crippen molar-refractivity contribution in [3.05, 3.63) is 35.4 Å². The van der Waals surface area contributed by atoms with Crippen molar-refractivity contribution < 1.29 is 23.9 Å². The lowest BCUT2D eigenvalue weighted by atomic mass is 9.80. The molecule has 0 bridgehead atoms. The maximum Gasteiger partial charge on any atom is 0.325 e. The van der Waals surface area contributed by atoms with E-state index in [1.54, 1.807) is 32.9 Å². The highest BCUT2D eigenvalue weighted by Crippen LogP contribution is 2.80. The van der Waals surface area contributed by atoms with Gasteiger partial charge in [-0.2, -0.15) is 0 Å². The van der Waals surface area contributed by atoms with Crippen LogP contribution in [-0.4, -0.2) is 29.9 Å². The van der Waals surface area contributed by atoms with Crippen LogP contribution in [0.3, 0.4) is 0 Å². The minimum absolute atomic E-state index is 0.0297. The zero-order chi connectivity index (χ0) is 21.1. The third-order valence-electron chi connectivity index (χ3n) is 6.49. The first-order chi connectivity index (χ1) is 12.9. The van der Waals surface area contributed by atoms with Gasteiger partial charge in [0.05, 0.1) is 12.0 Å². The van der Waals surface area contributed by atoms with E-state index in [1.165, 1.54) is 0 Å². The van der Waals surface area contributed by atoms with Gasteiger partial charge in [-0.3, -0.25) is 14.4 Å². The standard InChI is InChI=1S/C23H30O5/c1-8-22(16(24)14-10-12-15(13-11-14)20(3,4)5)17-21(6,7)28-19(26)23(17,22)18(25)27-9-2/h10-13,17H,8-9H2,1-7H3/t17-,22+,23+/m0/s1. The van der Waals surface area contributed by atoms with Gasteiger partial charge in [0.25, 0.3) is 0 Å². The number of benzene rings is 1. The van der Waals surface area contributed by atoms with Crippen LogP contribution < -0.4 is 0 Å². The number of hydrogen-bond acceptors (Lipinski definition) is 5. The molecule has 0 spiro atoms. The second-order valence-corrected chi connectivity index (χ2v) is 9.44. The number of ketones is 1. The molecule has 2 fully saturated rings. The van der Waals surface area contributed by atoms with E-state index in [-0.39, 0.29) is 17.8 Å². The van der Waals surface area contributed by atoms with E-state index < -0.39 is 34.3 Å². The number of esters is 2. The summed E-state index contributed by atoms with van der Waals surface area (Å²) in [7, 11) is 0. The van der Waals surface area contributed by atoms with Crippen LogP contribution in [0.2, 0.25) is 0 Å². The number of rotatable bonds is 5.